The Morgan fingerprint density at radius 1 is 1.33 bits per heavy atom. The molecule has 0 bridgehead atoms. The van der Waals surface area contributed by atoms with Crippen LogP contribution < -0.4 is 10.5 Å². The number of likely N-dealkylation sites (N-methyl/N-ethyl adjacent to an activating group) is 1. The number of hydrogen-bond donors (Lipinski definition) is 2. The summed E-state index contributed by atoms with van der Waals surface area (Å²) in [5.74, 6) is 0.714. The Balaban J connectivity index is 2.37. The molecule has 3 N–H and O–H groups in total. The Morgan fingerprint density at radius 3 is 2.52 bits per heavy atom. The van der Waals surface area contributed by atoms with Crippen LogP contribution in [0.25, 0.3) is 0 Å². The smallest absolute Gasteiger partial charge is 0.119 e. The quantitative estimate of drug-likeness (QED) is 0.649. The molecule has 118 valence electrons. The van der Waals surface area contributed by atoms with Gasteiger partial charge in [-0.2, -0.15) is 0 Å². The first-order valence-corrected chi connectivity index (χ1v) is 7.90. The Kier molecular flexibility index (Phi) is 8.27. The number of ether oxygens (including phenoxy) is 1. The summed E-state index contributed by atoms with van der Waals surface area (Å²) < 4.78 is 5.59. The highest BCUT2D eigenvalue weighted by Crippen LogP contribution is 2.12. The highest BCUT2D eigenvalue weighted by atomic mass is 32.1. The van der Waals surface area contributed by atoms with E-state index in [2.05, 4.69) is 18.7 Å². The summed E-state index contributed by atoms with van der Waals surface area (Å²) in [4.78, 5) is 2.61. The molecule has 5 heteroatoms. The molecule has 0 radical (unpaired) electrons. The highest BCUT2D eigenvalue weighted by Gasteiger charge is 2.10. The van der Waals surface area contributed by atoms with Gasteiger partial charge < -0.3 is 20.5 Å². The van der Waals surface area contributed by atoms with E-state index in [-0.39, 0.29) is 6.61 Å². The monoisotopic (exact) mass is 310 g/mol. The van der Waals surface area contributed by atoms with Gasteiger partial charge in [-0.05, 0) is 43.8 Å². The fraction of sp³-hybridized carbons (Fsp3) is 0.562. The topological polar surface area (TPSA) is 58.7 Å². The Bertz CT molecular complexity index is 423. The number of unbranched alkanes of at least 4 members (excludes halogenated alkanes) is 1. The largest absolute Gasteiger partial charge is 0.491 e. The van der Waals surface area contributed by atoms with Crippen molar-refractivity contribution in [1.82, 2.24) is 4.90 Å². The summed E-state index contributed by atoms with van der Waals surface area (Å²) in [6.45, 7) is 7.17. The standard InChI is InChI=1S/C16H26N2O2S/c1-3-5-10-18(4-2)11-14(19)12-20-15-8-6-13(7-9-15)16(17)21/h6-9,14,19H,3-5,10-12H2,1-2H3,(H2,17,21). The zero-order valence-corrected chi connectivity index (χ0v) is 13.7. The number of aliphatic hydroxyl groups excluding tert-OH is 1. The van der Waals surface area contributed by atoms with Crippen molar-refractivity contribution in [3.8, 4) is 5.75 Å². The number of benzene rings is 1. The van der Waals surface area contributed by atoms with Crippen molar-refractivity contribution in [2.45, 2.75) is 32.8 Å². The first kappa shape index (κ1) is 17.9. The molecule has 1 aromatic rings. The fourth-order valence-electron chi connectivity index (χ4n) is 2.02. The van der Waals surface area contributed by atoms with Crippen LogP contribution in [0.1, 0.15) is 32.3 Å². The van der Waals surface area contributed by atoms with Crippen molar-refractivity contribution >= 4 is 17.2 Å². The molecule has 0 saturated heterocycles. The third-order valence-corrected chi connectivity index (χ3v) is 3.56. The molecule has 0 spiro atoms. The summed E-state index contributed by atoms with van der Waals surface area (Å²) in [6.07, 6.45) is 1.83. The maximum absolute atomic E-state index is 10.0. The fourth-order valence-corrected chi connectivity index (χ4v) is 2.15. The van der Waals surface area contributed by atoms with Crippen LogP contribution in [0.2, 0.25) is 0 Å². The highest BCUT2D eigenvalue weighted by molar-refractivity contribution is 7.80. The van der Waals surface area contributed by atoms with Crippen LogP contribution in [0.15, 0.2) is 24.3 Å². The second kappa shape index (κ2) is 9.71. The van der Waals surface area contributed by atoms with Crippen LogP contribution in [-0.4, -0.2) is 47.3 Å². The number of aliphatic hydroxyl groups is 1. The predicted octanol–water partition coefficient (Wildman–Crippen LogP) is 2.18. The van der Waals surface area contributed by atoms with Crippen LogP contribution >= 0.6 is 12.2 Å². The van der Waals surface area contributed by atoms with Gasteiger partial charge in [0.25, 0.3) is 0 Å². The molecule has 0 aromatic heterocycles. The minimum atomic E-state index is -0.489. The second-order valence-electron chi connectivity index (χ2n) is 5.10. The Morgan fingerprint density at radius 2 is 2.00 bits per heavy atom. The number of rotatable bonds is 10. The SMILES string of the molecule is CCCCN(CC)CC(O)COc1ccc(C(N)=S)cc1. The summed E-state index contributed by atoms with van der Waals surface area (Å²) in [5, 5.41) is 10.0. The van der Waals surface area contributed by atoms with Crippen molar-refractivity contribution in [1.29, 1.82) is 0 Å². The van der Waals surface area contributed by atoms with E-state index in [0.717, 1.165) is 25.1 Å². The molecule has 0 aliphatic carbocycles. The number of thiocarbonyl (C=S) groups is 1. The lowest BCUT2D eigenvalue weighted by atomic mass is 10.2. The molecule has 1 aromatic carbocycles. The lowest BCUT2D eigenvalue weighted by Crippen LogP contribution is -2.36. The van der Waals surface area contributed by atoms with E-state index in [9.17, 15) is 5.11 Å². The molecule has 0 aliphatic rings. The van der Waals surface area contributed by atoms with Gasteiger partial charge in [-0.25, -0.2) is 0 Å². The van der Waals surface area contributed by atoms with E-state index in [1.165, 1.54) is 6.42 Å². The number of nitrogens with zero attached hydrogens (tertiary/aromatic N) is 1. The van der Waals surface area contributed by atoms with Crippen LogP contribution in [0.5, 0.6) is 5.75 Å². The van der Waals surface area contributed by atoms with Crippen LogP contribution in [0.4, 0.5) is 0 Å². The summed E-state index contributed by atoms with van der Waals surface area (Å²) in [6, 6.07) is 7.28. The van der Waals surface area contributed by atoms with Gasteiger partial charge in [-0.1, -0.05) is 32.5 Å². The first-order chi connectivity index (χ1) is 10.1. The second-order valence-corrected chi connectivity index (χ2v) is 5.54. The number of hydrogen-bond acceptors (Lipinski definition) is 4. The third-order valence-electron chi connectivity index (χ3n) is 3.33. The van der Waals surface area contributed by atoms with E-state index in [1.54, 1.807) is 0 Å². The van der Waals surface area contributed by atoms with Crippen molar-refractivity contribution in [2.75, 3.05) is 26.2 Å². The summed E-state index contributed by atoms with van der Waals surface area (Å²) >= 11 is 4.90. The molecule has 1 unspecified atom stereocenters. The van der Waals surface area contributed by atoms with Crippen molar-refractivity contribution in [3.05, 3.63) is 29.8 Å². The number of nitrogens with two attached hydrogens (primary N) is 1. The molecular formula is C16H26N2O2S. The van der Waals surface area contributed by atoms with E-state index in [1.807, 2.05) is 24.3 Å². The van der Waals surface area contributed by atoms with E-state index < -0.39 is 6.10 Å². The molecule has 0 fully saturated rings. The lowest BCUT2D eigenvalue weighted by Gasteiger charge is -2.23. The first-order valence-electron chi connectivity index (χ1n) is 7.49. The molecule has 0 heterocycles. The lowest BCUT2D eigenvalue weighted by molar-refractivity contribution is 0.0694. The van der Waals surface area contributed by atoms with Gasteiger partial charge >= 0.3 is 0 Å². The van der Waals surface area contributed by atoms with E-state index >= 15 is 0 Å². The van der Waals surface area contributed by atoms with Gasteiger partial charge in [-0.15, -0.1) is 0 Å². The minimum absolute atomic E-state index is 0.287. The van der Waals surface area contributed by atoms with Crippen molar-refractivity contribution < 1.29 is 9.84 Å². The normalized spacial score (nSPS) is 12.4. The molecule has 21 heavy (non-hydrogen) atoms. The van der Waals surface area contributed by atoms with Gasteiger partial charge in [0, 0.05) is 12.1 Å². The maximum Gasteiger partial charge on any atom is 0.119 e. The van der Waals surface area contributed by atoms with Gasteiger partial charge in [0.05, 0.1) is 0 Å². The van der Waals surface area contributed by atoms with Crippen LogP contribution in [0, 0.1) is 0 Å². The molecule has 0 aliphatic heterocycles. The average Bonchev–Trinajstić information content (AvgIpc) is 2.49. The Labute approximate surface area is 132 Å². The maximum atomic E-state index is 10.0. The molecule has 0 saturated carbocycles. The molecule has 1 rings (SSSR count). The van der Waals surface area contributed by atoms with Crippen LogP contribution in [-0.2, 0) is 0 Å². The van der Waals surface area contributed by atoms with Gasteiger partial charge in [0.2, 0.25) is 0 Å². The summed E-state index contributed by atoms with van der Waals surface area (Å²) in [5.41, 5.74) is 6.36. The van der Waals surface area contributed by atoms with Gasteiger partial charge in [0.15, 0.2) is 0 Å². The molecule has 4 nitrogen and oxygen atoms in total. The predicted molar refractivity (Wildman–Crippen MR) is 90.9 cm³/mol. The van der Waals surface area contributed by atoms with Crippen LogP contribution in [0.3, 0.4) is 0 Å². The third kappa shape index (κ3) is 6.89. The molecule has 0 amide bonds. The molecular weight excluding hydrogens is 284 g/mol. The van der Waals surface area contributed by atoms with Gasteiger partial charge in [0.1, 0.15) is 23.4 Å². The zero-order chi connectivity index (χ0) is 15.7. The van der Waals surface area contributed by atoms with E-state index in [0.29, 0.717) is 17.3 Å². The van der Waals surface area contributed by atoms with Gasteiger partial charge in [-0.3, -0.25) is 0 Å². The van der Waals surface area contributed by atoms with Crippen molar-refractivity contribution in [3.63, 3.8) is 0 Å². The minimum Gasteiger partial charge on any atom is -0.491 e. The van der Waals surface area contributed by atoms with Crippen molar-refractivity contribution in [2.24, 2.45) is 5.73 Å². The molecule has 1 atom stereocenters. The Hall–Kier alpha value is -1.17. The zero-order valence-electron chi connectivity index (χ0n) is 12.9. The van der Waals surface area contributed by atoms with E-state index in [4.69, 9.17) is 22.7 Å². The average molecular weight is 310 g/mol. The summed E-state index contributed by atoms with van der Waals surface area (Å²) in [7, 11) is 0.